The van der Waals surface area contributed by atoms with E-state index in [-0.39, 0.29) is 0 Å². The molecule has 15 heavy (non-hydrogen) atoms. The highest BCUT2D eigenvalue weighted by Crippen LogP contribution is 2.36. The van der Waals surface area contributed by atoms with Crippen LogP contribution in [0.1, 0.15) is 0 Å². The number of rotatable bonds is 2. The molecule has 2 rings (SSSR count). The van der Waals surface area contributed by atoms with Crippen molar-refractivity contribution in [2.75, 3.05) is 14.2 Å². The van der Waals surface area contributed by atoms with Crippen LogP contribution < -0.4 is 9.47 Å². The first kappa shape index (κ1) is 10.5. The van der Waals surface area contributed by atoms with Crippen LogP contribution in [0.5, 0.6) is 11.5 Å². The molecule has 2 nitrogen and oxygen atoms in total. The van der Waals surface area contributed by atoms with Crippen LogP contribution in [0.25, 0.3) is 10.8 Å². The highest BCUT2D eigenvalue weighted by molar-refractivity contribution is 14.1. The van der Waals surface area contributed by atoms with Gasteiger partial charge in [-0.3, -0.25) is 0 Å². The molecule has 0 fully saturated rings. The van der Waals surface area contributed by atoms with E-state index in [1.807, 2.05) is 30.3 Å². The summed E-state index contributed by atoms with van der Waals surface area (Å²) in [6.45, 7) is 0. The van der Waals surface area contributed by atoms with Crippen molar-refractivity contribution < 1.29 is 9.47 Å². The maximum absolute atomic E-state index is 5.39. The molecule has 0 aliphatic rings. The van der Waals surface area contributed by atoms with Crippen LogP contribution in [0.4, 0.5) is 0 Å². The lowest BCUT2D eigenvalue weighted by Crippen LogP contribution is -1.92. The van der Waals surface area contributed by atoms with E-state index in [1.54, 1.807) is 14.2 Å². The van der Waals surface area contributed by atoms with Gasteiger partial charge in [0, 0.05) is 10.8 Å². The normalized spacial score (nSPS) is 10.3. The molecular weight excluding hydrogens is 303 g/mol. The molecule has 0 aliphatic carbocycles. The Bertz CT molecular complexity index is 494. The zero-order chi connectivity index (χ0) is 10.8. The number of ether oxygens (including phenoxy) is 2. The zero-order valence-corrected chi connectivity index (χ0v) is 10.7. The largest absolute Gasteiger partial charge is 0.496 e. The number of benzene rings is 2. The van der Waals surface area contributed by atoms with E-state index < -0.39 is 0 Å². The smallest absolute Gasteiger partial charge is 0.140 e. The molecule has 2 aromatic carbocycles. The molecule has 78 valence electrons. The van der Waals surface area contributed by atoms with Crippen molar-refractivity contribution in [3.63, 3.8) is 0 Å². The van der Waals surface area contributed by atoms with Crippen molar-refractivity contribution in [3.05, 3.63) is 33.9 Å². The SMILES string of the molecule is COc1cc(I)c(OC)c2ccccc12. The number of fused-ring (bicyclic) bond motifs is 1. The van der Waals surface area contributed by atoms with Gasteiger partial charge in [-0.1, -0.05) is 24.3 Å². The minimum Gasteiger partial charge on any atom is -0.496 e. The summed E-state index contributed by atoms with van der Waals surface area (Å²) in [5.41, 5.74) is 0. The fourth-order valence-electron chi connectivity index (χ4n) is 1.66. The molecule has 0 aromatic heterocycles. The second-order valence-electron chi connectivity index (χ2n) is 3.14. The summed E-state index contributed by atoms with van der Waals surface area (Å²) in [4.78, 5) is 0. The molecule has 0 spiro atoms. The number of methoxy groups -OCH3 is 2. The van der Waals surface area contributed by atoms with Crippen LogP contribution in [0.3, 0.4) is 0 Å². The van der Waals surface area contributed by atoms with Gasteiger partial charge in [-0.2, -0.15) is 0 Å². The van der Waals surface area contributed by atoms with Crippen LogP contribution >= 0.6 is 22.6 Å². The van der Waals surface area contributed by atoms with Crippen LogP contribution in [0.15, 0.2) is 30.3 Å². The molecule has 0 saturated heterocycles. The fraction of sp³-hybridized carbons (Fsp3) is 0.167. The first-order valence-corrected chi connectivity index (χ1v) is 5.65. The van der Waals surface area contributed by atoms with Crippen molar-refractivity contribution in [1.82, 2.24) is 0 Å². The molecule has 2 aromatic rings. The van der Waals surface area contributed by atoms with Gasteiger partial charge in [0.2, 0.25) is 0 Å². The summed E-state index contributed by atoms with van der Waals surface area (Å²) in [5, 5.41) is 2.17. The van der Waals surface area contributed by atoms with E-state index in [1.165, 1.54) is 0 Å². The van der Waals surface area contributed by atoms with Gasteiger partial charge >= 0.3 is 0 Å². The quantitative estimate of drug-likeness (QED) is 0.791. The van der Waals surface area contributed by atoms with Crippen molar-refractivity contribution in [2.24, 2.45) is 0 Å². The molecule has 0 heterocycles. The van der Waals surface area contributed by atoms with Gasteiger partial charge in [0.15, 0.2) is 0 Å². The predicted molar refractivity (Wildman–Crippen MR) is 69.8 cm³/mol. The summed E-state index contributed by atoms with van der Waals surface area (Å²) in [7, 11) is 3.38. The van der Waals surface area contributed by atoms with Crippen molar-refractivity contribution in [1.29, 1.82) is 0 Å². The number of hydrogen-bond donors (Lipinski definition) is 0. The van der Waals surface area contributed by atoms with E-state index in [0.717, 1.165) is 25.8 Å². The number of halogens is 1. The van der Waals surface area contributed by atoms with Gasteiger partial charge in [0.05, 0.1) is 17.8 Å². The van der Waals surface area contributed by atoms with E-state index in [2.05, 4.69) is 22.6 Å². The summed E-state index contributed by atoms with van der Waals surface area (Å²) in [5.74, 6) is 1.79. The fourth-order valence-corrected chi connectivity index (χ4v) is 2.45. The van der Waals surface area contributed by atoms with Crippen LogP contribution in [0, 0.1) is 3.57 Å². The maximum Gasteiger partial charge on any atom is 0.140 e. The molecule has 0 N–H and O–H groups in total. The van der Waals surface area contributed by atoms with Crippen LogP contribution in [-0.2, 0) is 0 Å². The first-order valence-electron chi connectivity index (χ1n) is 4.57. The third-order valence-corrected chi connectivity index (χ3v) is 3.14. The monoisotopic (exact) mass is 314 g/mol. The zero-order valence-electron chi connectivity index (χ0n) is 8.58. The van der Waals surface area contributed by atoms with Gasteiger partial charge in [0.25, 0.3) is 0 Å². The molecule has 0 bridgehead atoms. The van der Waals surface area contributed by atoms with E-state index in [0.29, 0.717) is 0 Å². The Morgan fingerprint density at radius 2 is 1.67 bits per heavy atom. The third-order valence-electron chi connectivity index (χ3n) is 2.34. The molecule has 0 radical (unpaired) electrons. The molecule has 0 aliphatic heterocycles. The lowest BCUT2D eigenvalue weighted by Gasteiger charge is -2.11. The van der Waals surface area contributed by atoms with E-state index >= 15 is 0 Å². The van der Waals surface area contributed by atoms with Crippen LogP contribution in [0.2, 0.25) is 0 Å². The Morgan fingerprint density at radius 3 is 2.27 bits per heavy atom. The number of hydrogen-bond acceptors (Lipinski definition) is 2. The van der Waals surface area contributed by atoms with Gasteiger partial charge in [-0.25, -0.2) is 0 Å². The van der Waals surface area contributed by atoms with Gasteiger partial charge < -0.3 is 9.47 Å². The molecule has 0 unspecified atom stereocenters. The first-order chi connectivity index (χ1) is 7.27. The Hall–Kier alpha value is -0.970. The molecule has 0 atom stereocenters. The topological polar surface area (TPSA) is 18.5 Å². The molecule has 0 amide bonds. The molecule has 0 saturated carbocycles. The molecular formula is C12H11IO2. The second-order valence-corrected chi connectivity index (χ2v) is 4.30. The van der Waals surface area contributed by atoms with E-state index in [4.69, 9.17) is 9.47 Å². The van der Waals surface area contributed by atoms with Gasteiger partial charge in [-0.05, 0) is 28.7 Å². The predicted octanol–water partition coefficient (Wildman–Crippen LogP) is 3.46. The minimum atomic E-state index is 0.885. The maximum atomic E-state index is 5.39. The standard InChI is InChI=1S/C12H11IO2/c1-14-11-7-10(13)12(15-2)9-6-4-3-5-8(9)11/h3-7H,1-2H3. The highest BCUT2D eigenvalue weighted by atomic mass is 127. The lowest BCUT2D eigenvalue weighted by atomic mass is 10.1. The van der Waals surface area contributed by atoms with Gasteiger partial charge in [0.1, 0.15) is 11.5 Å². The summed E-state index contributed by atoms with van der Waals surface area (Å²) < 4.78 is 11.8. The summed E-state index contributed by atoms with van der Waals surface area (Å²) >= 11 is 2.25. The summed E-state index contributed by atoms with van der Waals surface area (Å²) in [6, 6.07) is 10.1. The van der Waals surface area contributed by atoms with Crippen molar-refractivity contribution >= 4 is 33.4 Å². The van der Waals surface area contributed by atoms with Gasteiger partial charge in [-0.15, -0.1) is 0 Å². The highest BCUT2D eigenvalue weighted by Gasteiger charge is 2.10. The average molecular weight is 314 g/mol. The van der Waals surface area contributed by atoms with Crippen molar-refractivity contribution in [3.8, 4) is 11.5 Å². The minimum absolute atomic E-state index is 0.885. The summed E-state index contributed by atoms with van der Waals surface area (Å²) in [6.07, 6.45) is 0. The Balaban J connectivity index is 2.86. The Kier molecular flexibility index (Phi) is 3.00. The molecule has 3 heteroatoms. The van der Waals surface area contributed by atoms with Crippen LogP contribution in [-0.4, -0.2) is 14.2 Å². The van der Waals surface area contributed by atoms with E-state index in [9.17, 15) is 0 Å². The third kappa shape index (κ3) is 1.76. The second kappa shape index (κ2) is 4.26. The lowest BCUT2D eigenvalue weighted by molar-refractivity contribution is 0.408. The Labute approximate surface area is 102 Å². The average Bonchev–Trinajstić information content (AvgIpc) is 2.28. The Morgan fingerprint density at radius 1 is 1.00 bits per heavy atom. The van der Waals surface area contributed by atoms with Crippen molar-refractivity contribution in [2.45, 2.75) is 0 Å².